The fraction of sp³-hybridized carbons (Fsp3) is 0.391. The van der Waals surface area contributed by atoms with Gasteiger partial charge in [-0.05, 0) is 69.3 Å². The number of para-hydroxylation sites is 2. The van der Waals surface area contributed by atoms with Gasteiger partial charge in [0.05, 0.1) is 18.8 Å². The van der Waals surface area contributed by atoms with E-state index in [1.54, 1.807) is 43.5 Å². The molecule has 1 fully saturated rings. The van der Waals surface area contributed by atoms with Gasteiger partial charge in [0.25, 0.3) is 5.91 Å². The van der Waals surface area contributed by atoms with E-state index in [1.807, 2.05) is 19.1 Å². The van der Waals surface area contributed by atoms with Gasteiger partial charge >= 0.3 is 0 Å². The molecule has 1 aliphatic heterocycles. The minimum absolute atomic E-state index is 0.0156. The number of nitrogens with one attached hydrogen (secondary N) is 2. The number of methoxy groups -OCH3 is 1. The Morgan fingerprint density at radius 1 is 0.931 bits per heavy atom. The first kappa shape index (κ1) is 20.9. The number of anilines is 2. The third-order valence-electron chi connectivity index (χ3n) is 5.34. The standard InChI is InChI=1S/C23H29N3O3/c1-17(26-15-7-3-4-8-16-26)22(27)24-19-13-11-18(12-14-19)23(28)25-20-9-5-6-10-21(20)29-2/h5-6,9-14,17H,3-4,7-8,15-16H2,1-2H3,(H,24,27)(H,25,28)/t17-/m1/s1. The van der Waals surface area contributed by atoms with Crippen molar-refractivity contribution < 1.29 is 14.3 Å². The normalized spacial score (nSPS) is 15.8. The van der Waals surface area contributed by atoms with Crippen LogP contribution in [0.3, 0.4) is 0 Å². The van der Waals surface area contributed by atoms with Crippen molar-refractivity contribution in [2.24, 2.45) is 0 Å². The molecule has 0 aliphatic carbocycles. The molecule has 6 heteroatoms. The van der Waals surface area contributed by atoms with E-state index in [0.29, 0.717) is 22.7 Å². The third-order valence-corrected chi connectivity index (χ3v) is 5.34. The molecule has 1 saturated heterocycles. The molecule has 29 heavy (non-hydrogen) atoms. The van der Waals surface area contributed by atoms with Gasteiger partial charge in [-0.2, -0.15) is 0 Å². The monoisotopic (exact) mass is 395 g/mol. The van der Waals surface area contributed by atoms with E-state index in [1.165, 1.54) is 12.8 Å². The second-order valence-corrected chi connectivity index (χ2v) is 7.35. The average Bonchev–Trinajstić information content (AvgIpc) is 3.03. The van der Waals surface area contributed by atoms with Gasteiger partial charge in [-0.1, -0.05) is 25.0 Å². The number of carbonyl (C=O) groups is 2. The average molecular weight is 396 g/mol. The predicted octanol–water partition coefficient (Wildman–Crippen LogP) is 4.15. The molecule has 0 radical (unpaired) electrons. The zero-order chi connectivity index (χ0) is 20.6. The maximum atomic E-state index is 12.6. The highest BCUT2D eigenvalue weighted by Crippen LogP contribution is 2.24. The first-order chi connectivity index (χ1) is 14.1. The molecule has 0 spiro atoms. The van der Waals surface area contributed by atoms with Crippen molar-refractivity contribution in [1.82, 2.24) is 4.90 Å². The highest BCUT2D eigenvalue weighted by molar-refractivity contribution is 6.05. The Balaban J connectivity index is 1.59. The van der Waals surface area contributed by atoms with E-state index in [2.05, 4.69) is 15.5 Å². The minimum atomic E-state index is -0.231. The molecule has 0 unspecified atom stereocenters. The summed E-state index contributed by atoms with van der Waals surface area (Å²) in [6, 6.07) is 14.0. The fourth-order valence-corrected chi connectivity index (χ4v) is 3.54. The van der Waals surface area contributed by atoms with E-state index >= 15 is 0 Å². The second-order valence-electron chi connectivity index (χ2n) is 7.35. The predicted molar refractivity (Wildman–Crippen MR) is 116 cm³/mol. The molecular weight excluding hydrogens is 366 g/mol. The molecule has 0 bridgehead atoms. The van der Waals surface area contributed by atoms with Gasteiger partial charge in [-0.3, -0.25) is 14.5 Å². The van der Waals surface area contributed by atoms with E-state index in [9.17, 15) is 9.59 Å². The van der Waals surface area contributed by atoms with E-state index < -0.39 is 0 Å². The highest BCUT2D eigenvalue weighted by atomic mass is 16.5. The molecule has 1 heterocycles. The fourth-order valence-electron chi connectivity index (χ4n) is 3.54. The van der Waals surface area contributed by atoms with Gasteiger partial charge in [0.1, 0.15) is 5.75 Å². The number of benzene rings is 2. The number of nitrogens with zero attached hydrogens (tertiary/aromatic N) is 1. The zero-order valence-corrected chi connectivity index (χ0v) is 17.1. The number of likely N-dealkylation sites (tertiary alicyclic amines) is 1. The van der Waals surface area contributed by atoms with Gasteiger partial charge in [-0.15, -0.1) is 0 Å². The van der Waals surface area contributed by atoms with Crippen molar-refractivity contribution >= 4 is 23.2 Å². The Bertz CT molecular complexity index is 828. The maximum absolute atomic E-state index is 12.6. The third kappa shape index (κ3) is 5.57. The lowest BCUT2D eigenvalue weighted by atomic mass is 10.1. The van der Waals surface area contributed by atoms with Crippen molar-refractivity contribution in [3.05, 3.63) is 54.1 Å². The molecule has 2 aromatic rings. The van der Waals surface area contributed by atoms with Gasteiger partial charge in [-0.25, -0.2) is 0 Å². The first-order valence-electron chi connectivity index (χ1n) is 10.2. The van der Waals surface area contributed by atoms with Crippen LogP contribution in [0.15, 0.2) is 48.5 Å². The van der Waals surface area contributed by atoms with Gasteiger partial charge in [0, 0.05) is 11.3 Å². The molecule has 2 N–H and O–H groups in total. The van der Waals surface area contributed by atoms with Crippen LogP contribution < -0.4 is 15.4 Å². The maximum Gasteiger partial charge on any atom is 0.255 e. The summed E-state index contributed by atoms with van der Waals surface area (Å²) < 4.78 is 5.26. The summed E-state index contributed by atoms with van der Waals surface area (Å²) in [6.07, 6.45) is 4.77. The topological polar surface area (TPSA) is 70.7 Å². The summed E-state index contributed by atoms with van der Waals surface area (Å²) in [7, 11) is 1.56. The van der Waals surface area contributed by atoms with E-state index in [4.69, 9.17) is 4.74 Å². The molecular formula is C23H29N3O3. The number of carbonyl (C=O) groups excluding carboxylic acids is 2. The number of ether oxygens (including phenoxy) is 1. The molecule has 2 aromatic carbocycles. The van der Waals surface area contributed by atoms with Crippen molar-refractivity contribution in [1.29, 1.82) is 0 Å². The van der Waals surface area contributed by atoms with Crippen LogP contribution in [0.2, 0.25) is 0 Å². The van der Waals surface area contributed by atoms with Crippen molar-refractivity contribution in [2.75, 3.05) is 30.8 Å². The summed E-state index contributed by atoms with van der Waals surface area (Å²) in [5.41, 5.74) is 1.81. The lowest BCUT2D eigenvalue weighted by Gasteiger charge is -2.26. The highest BCUT2D eigenvalue weighted by Gasteiger charge is 2.22. The number of amides is 2. The molecule has 2 amide bonds. The number of hydrogen-bond acceptors (Lipinski definition) is 4. The van der Waals surface area contributed by atoms with Gasteiger partial charge in [0.2, 0.25) is 5.91 Å². The summed E-state index contributed by atoms with van der Waals surface area (Å²) in [5.74, 6) is 0.357. The summed E-state index contributed by atoms with van der Waals surface area (Å²) in [5, 5.41) is 5.81. The van der Waals surface area contributed by atoms with Crippen LogP contribution in [-0.2, 0) is 4.79 Å². The van der Waals surface area contributed by atoms with Crippen LogP contribution in [0.4, 0.5) is 11.4 Å². The summed E-state index contributed by atoms with van der Waals surface area (Å²) in [6.45, 7) is 3.89. The zero-order valence-electron chi connectivity index (χ0n) is 17.1. The molecule has 0 saturated carbocycles. The van der Waals surface area contributed by atoms with Crippen LogP contribution in [0.1, 0.15) is 43.0 Å². The number of hydrogen-bond donors (Lipinski definition) is 2. The molecule has 1 atom stereocenters. The van der Waals surface area contributed by atoms with Crippen molar-refractivity contribution in [2.45, 2.75) is 38.6 Å². The van der Waals surface area contributed by atoms with Crippen LogP contribution in [0, 0.1) is 0 Å². The first-order valence-corrected chi connectivity index (χ1v) is 10.2. The quantitative estimate of drug-likeness (QED) is 0.771. The van der Waals surface area contributed by atoms with Crippen LogP contribution in [-0.4, -0.2) is 43.0 Å². The van der Waals surface area contributed by atoms with Crippen molar-refractivity contribution in [3.8, 4) is 5.75 Å². The van der Waals surface area contributed by atoms with Gasteiger partial charge < -0.3 is 15.4 Å². The Hall–Kier alpha value is -2.86. The largest absolute Gasteiger partial charge is 0.495 e. The Morgan fingerprint density at radius 3 is 2.24 bits per heavy atom. The van der Waals surface area contributed by atoms with Gasteiger partial charge in [0.15, 0.2) is 0 Å². The molecule has 6 nitrogen and oxygen atoms in total. The van der Waals surface area contributed by atoms with E-state index in [0.717, 1.165) is 25.9 Å². The molecule has 3 rings (SSSR count). The lowest BCUT2D eigenvalue weighted by molar-refractivity contribution is -0.120. The smallest absolute Gasteiger partial charge is 0.255 e. The van der Waals surface area contributed by atoms with Crippen LogP contribution in [0.25, 0.3) is 0 Å². The Kier molecular flexibility index (Phi) is 7.25. The second kappa shape index (κ2) is 10.1. The molecule has 0 aromatic heterocycles. The molecule has 154 valence electrons. The van der Waals surface area contributed by atoms with Crippen LogP contribution >= 0.6 is 0 Å². The number of rotatable bonds is 6. The lowest BCUT2D eigenvalue weighted by Crippen LogP contribution is -2.42. The Labute approximate surface area is 172 Å². The SMILES string of the molecule is COc1ccccc1NC(=O)c1ccc(NC(=O)[C@@H](C)N2CCCCCC2)cc1. The van der Waals surface area contributed by atoms with Crippen LogP contribution in [0.5, 0.6) is 5.75 Å². The molecule has 1 aliphatic rings. The minimum Gasteiger partial charge on any atom is -0.495 e. The summed E-state index contributed by atoms with van der Waals surface area (Å²) >= 11 is 0. The Morgan fingerprint density at radius 2 is 1.59 bits per heavy atom. The van der Waals surface area contributed by atoms with E-state index in [-0.39, 0.29) is 17.9 Å². The summed E-state index contributed by atoms with van der Waals surface area (Å²) in [4.78, 5) is 27.4. The van der Waals surface area contributed by atoms with Crippen molar-refractivity contribution in [3.63, 3.8) is 0 Å².